The number of benzene rings is 1. The van der Waals surface area contributed by atoms with E-state index < -0.39 is 6.04 Å². The molecule has 0 radical (unpaired) electrons. The first-order chi connectivity index (χ1) is 11.2. The molecule has 1 fully saturated rings. The Bertz CT molecular complexity index is 690. The minimum absolute atomic E-state index is 0.0603. The molecule has 3 rings (SSSR count). The summed E-state index contributed by atoms with van der Waals surface area (Å²) in [5.41, 5.74) is 0.860. The normalized spacial score (nSPS) is 17.2. The molecule has 6 heteroatoms. The van der Waals surface area contributed by atoms with Crippen LogP contribution in [0.4, 0.5) is 16.3 Å². The monoisotopic (exact) mass is 310 g/mol. The number of aromatic nitrogens is 1. The molecule has 1 aromatic carbocycles. The van der Waals surface area contributed by atoms with Crippen molar-refractivity contribution in [2.24, 2.45) is 0 Å². The van der Waals surface area contributed by atoms with E-state index in [9.17, 15) is 9.59 Å². The number of rotatable bonds is 3. The van der Waals surface area contributed by atoms with Crippen LogP contribution in [0.5, 0.6) is 0 Å². The molecule has 0 bridgehead atoms. The summed E-state index contributed by atoms with van der Waals surface area (Å²) in [4.78, 5) is 32.1. The average Bonchev–Trinajstić information content (AvgIpc) is 2.97. The van der Waals surface area contributed by atoms with E-state index in [2.05, 4.69) is 10.3 Å². The van der Waals surface area contributed by atoms with Gasteiger partial charge in [-0.15, -0.1) is 0 Å². The first kappa shape index (κ1) is 15.0. The van der Waals surface area contributed by atoms with Crippen LogP contribution in [0, 0.1) is 0 Å². The SMILES string of the molecule is CN(C(=O)Nc1ccccn1)C1CCN(c2ccccc2)C1=O. The minimum atomic E-state index is -0.459. The van der Waals surface area contributed by atoms with Crippen LogP contribution in [0.25, 0.3) is 0 Å². The predicted molar refractivity (Wildman–Crippen MR) is 88.2 cm³/mol. The Morgan fingerprint density at radius 3 is 2.65 bits per heavy atom. The van der Waals surface area contributed by atoms with E-state index >= 15 is 0 Å². The summed E-state index contributed by atoms with van der Waals surface area (Å²) < 4.78 is 0. The minimum Gasteiger partial charge on any atom is -0.315 e. The van der Waals surface area contributed by atoms with Crippen LogP contribution in [0.15, 0.2) is 54.7 Å². The molecule has 0 spiro atoms. The van der Waals surface area contributed by atoms with E-state index in [0.717, 1.165) is 5.69 Å². The Balaban J connectivity index is 1.67. The fourth-order valence-electron chi connectivity index (χ4n) is 2.66. The predicted octanol–water partition coefficient (Wildman–Crippen LogP) is 2.35. The summed E-state index contributed by atoms with van der Waals surface area (Å²) in [7, 11) is 1.63. The lowest BCUT2D eigenvalue weighted by atomic mass is 10.2. The highest BCUT2D eigenvalue weighted by Gasteiger charge is 2.37. The second kappa shape index (κ2) is 6.48. The van der Waals surface area contributed by atoms with Crippen molar-refractivity contribution in [3.63, 3.8) is 0 Å². The Labute approximate surface area is 134 Å². The average molecular weight is 310 g/mol. The third kappa shape index (κ3) is 3.15. The molecule has 2 aromatic rings. The molecular weight excluding hydrogens is 292 g/mol. The zero-order valence-corrected chi connectivity index (χ0v) is 12.8. The van der Waals surface area contributed by atoms with Gasteiger partial charge in [0.2, 0.25) is 5.91 Å². The molecule has 2 heterocycles. The van der Waals surface area contributed by atoms with Crippen molar-refractivity contribution < 1.29 is 9.59 Å². The van der Waals surface area contributed by atoms with Gasteiger partial charge < -0.3 is 9.80 Å². The van der Waals surface area contributed by atoms with Gasteiger partial charge in [-0.3, -0.25) is 10.1 Å². The fourth-order valence-corrected chi connectivity index (χ4v) is 2.66. The van der Waals surface area contributed by atoms with Crippen LogP contribution >= 0.6 is 0 Å². The largest absolute Gasteiger partial charge is 0.323 e. The summed E-state index contributed by atoms with van der Waals surface area (Å²) in [5.74, 6) is 0.407. The first-order valence-electron chi connectivity index (χ1n) is 7.48. The van der Waals surface area contributed by atoms with Crippen LogP contribution in [-0.2, 0) is 4.79 Å². The topological polar surface area (TPSA) is 65.5 Å². The number of urea groups is 1. The molecule has 1 aliphatic rings. The highest BCUT2D eigenvalue weighted by molar-refractivity contribution is 6.02. The third-order valence-corrected chi connectivity index (χ3v) is 3.93. The molecule has 1 N–H and O–H groups in total. The van der Waals surface area contributed by atoms with E-state index in [-0.39, 0.29) is 11.9 Å². The lowest BCUT2D eigenvalue weighted by Gasteiger charge is -2.24. The summed E-state index contributed by atoms with van der Waals surface area (Å²) in [5, 5.41) is 2.70. The molecule has 0 aliphatic carbocycles. The molecule has 1 atom stereocenters. The smallest absolute Gasteiger partial charge is 0.315 e. The molecule has 1 aliphatic heterocycles. The van der Waals surface area contributed by atoms with Gasteiger partial charge in [-0.1, -0.05) is 24.3 Å². The second-order valence-electron chi connectivity index (χ2n) is 5.39. The number of nitrogens with one attached hydrogen (secondary N) is 1. The maximum absolute atomic E-state index is 12.6. The van der Waals surface area contributed by atoms with Crippen LogP contribution < -0.4 is 10.2 Å². The Morgan fingerprint density at radius 2 is 1.96 bits per heavy atom. The first-order valence-corrected chi connectivity index (χ1v) is 7.48. The van der Waals surface area contributed by atoms with Gasteiger partial charge in [0.05, 0.1) is 0 Å². The number of hydrogen-bond acceptors (Lipinski definition) is 3. The number of nitrogens with zero attached hydrogens (tertiary/aromatic N) is 3. The van der Waals surface area contributed by atoms with Crippen molar-refractivity contribution in [2.75, 3.05) is 23.8 Å². The van der Waals surface area contributed by atoms with Gasteiger partial charge in [0.25, 0.3) is 0 Å². The molecule has 0 saturated carbocycles. The third-order valence-electron chi connectivity index (χ3n) is 3.93. The number of pyridine rings is 1. The number of hydrogen-bond donors (Lipinski definition) is 1. The van der Waals surface area contributed by atoms with E-state index in [0.29, 0.717) is 18.8 Å². The number of para-hydroxylation sites is 1. The van der Waals surface area contributed by atoms with E-state index in [1.165, 1.54) is 4.90 Å². The molecule has 1 unspecified atom stereocenters. The van der Waals surface area contributed by atoms with Crippen molar-refractivity contribution in [1.29, 1.82) is 0 Å². The van der Waals surface area contributed by atoms with Gasteiger partial charge >= 0.3 is 6.03 Å². The van der Waals surface area contributed by atoms with E-state index in [1.54, 1.807) is 36.3 Å². The van der Waals surface area contributed by atoms with Crippen LogP contribution in [0.3, 0.4) is 0 Å². The van der Waals surface area contributed by atoms with E-state index in [1.807, 2.05) is 30.3 Å². The van der Waals surface area contributed by atoms with Crippen molar-refractivity contribution in [3.8, 4) is 0 Å². The fraction of sp³-hybridized carbons (Fsp3) is 0.235. The molecular formula is C17H18N4O2. The van der Waals surface area contributed by atoms with Gasteiger partial charge in [-0.05, 0) is 30.7 Å². The van der Waals surface area contributed by atoms with Gasteiger partial charge in [0.15, 0.2) is 0 Å². The summed E-state index contributed by atoms with van der Waals surface area (Å²) in [6.07, 6.45) is 2.22. The molecule has 3 amide bonds. The molecule has 23 heavy (non-hydrogen) atoms. The lowest BCUT2D eigenvalue weighted by Crippen LogP contribution is -2.44. The van der Waals surface area contributed by atoms with Crippen molar-refractivity contribution in [1.82, 2.24) is 9.88 Å². The molecule has 1 saturated heterocycles. The molecule has 118 valence electrons. The number of amides is 3. The Kier molecular flexibility index (Phi) is 4.23. The quantitative estimate of drug-likeness (QED) is 0.946. The summed E-state index contributed by atoms with van der Waals surface area (Å²) >= 11 is 0. The van der Waals surface area contributed by atoms with Gasteiger partial charge in [-0.25, -0.2) is 9.78 Å². The number of likely N-dealkylation sites (N-methyl/N-ethyl adjacent to an activating group) is 1. The van der Waals surface area contributed by atoms with Crippen molar-refractivity contribution >= 4 is 23.4 Å². The summed E-state index contributed by atoms with van der Waals surface area (Å²) in [6, 6.07) is 14.0. The number of anilines is 2. The highest BCUT2D eigenvalue weighted by atomic mass is 16.2. The van der Waals surface area contributed by atoms with Crippen molar-refractivity contribution in [3.05, 3.63) is 54.7 Å². The van der Waals surface area contributed by atoms with Crippen LogP contribution in [-0.4, -0.2) is 41.5 Å². The lowest BCUT2D eigenvalue weighted by molar-refractivity contribution is -0.120. The van der Waals surface area contributed by atoms with Gasteiger partial charge in [0.1, 0.15) is 11.9 Å². The standard InChI is InChI=1S/C17H18N4O2/c1-20(17(23)19-15-9-5-6-11-18-15)14-10-12-21(16(14)22)13-7-3-2-4-8-13/h2-9,11,14H,10,12H2,1H3,(H,18,19,23). The Morgan fingerprint density at radius 1 is 1.22 bits per heavy atom. The van der Waals surface area contributed by atoms with Crippen LogP contribution in [0.1, 0.15) is 6.42 Å². The summed E-state index contributed by atoms with van der Waals surface area (Å²) in [6.45, 7) is 0.606. The zero-order chi connectivity index (χ0) is 16.2. The van der Waals surface area contributed by atoms with Crippen molar-refractivity contribution in [2.45, 2.75) is 12.5 Å². The number of carbonyl (C=O) groups excluding carboxylic acids is 2. The molecule has 1 aromatic heterocycles. The van der Waals surface area contributed by atoms with E-state index in [4.69, 9.17) is 0 Å². The Hall–Kier alpha value is -2.89. The van der Waals surface area contributed by atoms with Gasteiger partial charge in [-0.2, -0.15) is 0 Å². The highest BCUT2D eigenvalue weighted by Crippen LogP contribution is 2.23. The zero-order valence-electron chi connectivity index (χ0n) is 12.8. The number of carbonyl (C=O) groups is 2. The second-order valence-corrected chi connectivity index (χ2v) is 5.39. The van der Waals surface area contributed by atoms with Crippen LogP contribution in [0.2, 0.25) is 0 Å². The maximum Gasteiger partial charge on any atom is 0.323 e. The maximum atomic E-state index is 12.6. The molecule has 6 nitrogen and oxygen atoms in total. The van der Waals surface area contributed by atoms with Gasteiger partial charge in [0, 0.05) is 25.5 Å².